The first-order valence-electron chi connectivity index (χ1n) is 7.43. The van der Waals surface area contributed by atoms with Gasteiger partial charge in [-0.25, -0.2) is 0 Å². The van der Waals surface area contributed by atoms with Gasteiger partial charge in [-0.1, -0.05) is 13.3 Å². The molecule has 2 atom stereocenters. The molecule has 0 amide bonds. The molecule has 2 N–H and O–H groups in total. The number of ether oxygens (including phenoxy) is 1. The maximum Gasteiger partial charge on any atom is 0.307 e. The lowest BCUT2D eigenvalue weighted by Gasteiger charge is -2.19. The van der Waals surface area contributed by atoms with Crippen molar-refractivity contribution >= 4 is 34.3 Å². The highest BCUT2D eigenvalue weighted by Crippen LogP contribution is 2.29. The van der Waals surface area contributed by atoms with Crippen LogP contribution < -0.4 is 10.0 Å². The average molecular weight is 358 g/mol. The lowest BCUT2D eigenvalue weighted by molar-refractivity contribution is -0.383. The molecule has 1 aromatic carbocycles. The van der Waals surface area contributed by atoms with E-state index in [1.54, 1.807) is 6.92 Å². The summed E-state index contributed by atoms with van der Waals surface area (Å²) in [5.74, 6) is -0.383. The number of nitrogens with zero attached hydrogens (tertiary/aromatic N) is 1. The van der Waals surface area contributed by atoms with Gasteiger partial charge in [0.05, 0.1) is 23.6 Å². The zero-order valence-corrected chi connectivity index (χ0v) is 14.3. The molecule has 0 spiro atoms. The van der Waals surface area contributed by atoms with Gasteiger partial charge in [0.15, 0.2) is 0 Å². The molecule has 1 aromatic rings. The second kappa shape index (κ2) is 9.83. The van der Waals surface area contributed by atoms with Crippen LogP contribution in [-0.2, 0) is 20.8 Å². The summed E-state index contributed by atoms with van der Waals surface area (Å²) in [7, 11) is 0. The monoisotopic (exact) mass is 358 g/mol. The Morgan fingerprint density at radius 2 is 2.12 bits per heavy atom. The predicted octanol–water partition coefficient (Wildman–Crippen LogP) is 2.33. The molecule has 0 aliphatic carbocycles. The van der Waals surface area contributed by atoms with E-state index in [2.05, 4.69) is 10.0 Å². The van der Waals surface area contributed by atoms with Gasteiger partial charge in [0.25, 0.3) is 5.69 Å². The van der Waals surface area contributed by atoms with Crippen molar-refractivity contribution in [1.82, 2.24) is 0 Å². The van der Waals surface area contributed by atoms with Gasteiger partial charge in [0.2, 0.25) is 0 Å². The fourth-order valence-corrected chi connectivity index (χ4v) is 2.50. The second-order valence-electron chi connectivity index (χ2n) is 4.96. The van der Waals surface area contributed by atoms with E-state index in [0.29, 0.717) is 6.42 Å². The van der Waals surface area contributed by atoms with Crippen molar-refractivity contribution < 1.29 is 23.2 Å². The number of carbonyl (C=O) groups excluding carboxylic acids is 1. The Balaban J connectivity index is 2.98. The van der Waals surface area contributed by atoms with Gasteiger partial charge in [-0.2, -0.15) is 0 Å². The van der Waals surface area contributed by atoms with E-state index in [1.807, 2.05) is 6.92 Å². The Hall–Kier alpha value is -2.20. The second-order valence-corrected chi connectivity index (χ2v) is 5.64. The SMILES string of the molecule is CCCC(CC(=O)OCC)Nc1ccc(NS(=O)[O-])cc1[N+](=O)[O-]. The topological polar surface area (TPSA) is 134 Å². The maximum atomic E-state index is 11.6. The summed E-state index contributed by atoms with van der Waals surface area (Å²) in [5.41, 5.74) is 0.0124. The molecule has 2 unspecified atom stereocenters. The smallest absolute Gasteiger partial charge is 0.307 e. The van der Waals surface area contributed by atoms with Crippen LogP contribution in [0.1, 0.15) is 33.1 Å². The van der Waals surface area contributed by atoms with E-state index in [0.717, 1.165) is 12.5 Å². The lowest BCUT2D eigenvalue weighted by atomic mass is 10.1. The summed E-state index contributed by atoms with van der Waals surface area (Å²) in [4.78, 5) is 22.2. The van der Waals surface area contributed by atoms with E-state index in [9.17, 15) is 23.7 Å². The first-order chi connectivity index (χ1) is 11.4. The van der Waals surface area contributed by atoms with Crippen LogP contribution in [0.25, 0.3) is 0 Å². The molecule has 0 saturated carbocycles. The zero-order valence-electron chi connectivity index (χ0n) is 13.4. The minimum Gasteiger partial charge on any atom is -0.755 e. The average Bonchev–Trinajstić information content (AvgIpc) is 2.48. The third-order valence-corrected chi connectivity index (χ3v) is 3.51. The summed E-state index contributed by atoms with van der Waals surface area (Å²) in [6, 6.07) is 3.60. The molecule has 134 valence electrons. The fraction of sp³-hybridized carbons (Fsp3) is 0.500. The third-order valence-electron chi connectivity index (χ3n) is 3.11. The quantitative estimate of drug-likeness (QED) is 0.284. The number of hydrogen-bond acceptors (Lipinski definition) is 7. The van der Waals surface area contributed by atoms with Crippen LogP contribution in [0.4, 0.5) is 17.1 Å². The normalized spacial score (nSPS) is 13.0. The van der Waals surface area contributed by atoms with Crippen molar-refractivity contribution in [2.24, 2.45) is 0 Å². The number of carbonyl (C=O) groups is 1. The number of esters is 1. The third kappa shape index (κ3) is 6.50. The number of nitro benzene ring substituents is 1. The van der Waals surface area contributed by atoms with Gasteiger partial charge >= 0.3 is 5.97 Å². The lowest BCUT2D eigenvalue weighted by Crippen LogP contribution is -2.24. The van der Waals surface area contributed by atoms with E-state index in [-0.39, 0.29) is 42.1 Å². The molecular weight excluding hydrogens is 338 g/mol. The van der Waals surface area contributed by atoms with Crippen molar-refractivity contribution in [2.45, 2.75) is 39.2 Å². The van der Waals surface area contributed by atoms with Crippen molar-refractivity contribution in [1.29, 1.82) is 0 Å². The first-order valence-corrected chi connectivity index (χ1v) is 8.51. The van der Waals surface area contributed by atoms with Crippen molar-refractivity contribution in [3.63, 3.8) is 0 Å². The molecule has 0 aliphatic rings. The van der Waals surface area contributed by atoms with Crippen LogP contribution in [-0.4, -0.2) is 32.3 Å². The minimum atomic E-state index is -2.57. The Kier molecular flexibility index (Phi) is 8.13. The van der Waals surface area contributed by atoms with Gasteiger partial charge in [-0.05, 0) is 25.5 Å². The molecule has 0 bridgehead atoms. The van der Waals surface area contributed by atoms with Crippen LogP contribution in [0.5, 0.6) is 0 Å². The van der Waals surface area contributed by atoms with Gasteiger partial charge in [-0.3, -0.25) is 19.1 Å². The zero-order chi connectivity index (χ0) is 18.1. The number of nitrogens with one attached hydrogen (secondary N) is 2. The number of hydrogen-bond donors (Lipinski definition) is 2. The van der Waals surface area contributed by atoms with Crippen LogP contribution in [0.15, 0.2) is 18.2 Å². The van der Waals surface area contributed by atoms with Crippen LogP contribution in [0.2, 0.25) is 0 Å². The van der Waals surface area contributed by atoms with Gasteiger partial charge < -0.3 is 19.3 Å². The van der Waals surface area contributed by atoms with Crippen molar-refractivity contribution in [2.75, 3.05) is 16.6 Å². The summed E-state index contributed by atoms with van der Waals surface area (Å²) in [6.45, 7) is 3.91. The number of benzene rings is 1. The molecule has 9 nitrogen and oxygen atoms in total. The number of anilines is 2. The molecule has 0 heterocycles. The molecule has 0 saturated heterocycles. The molecule has 10 heteroatoms. The predicted molar refractivity (Wildman–Crippen MR) is 89.2 cm³/mol. The molecule has 24 heavy (non-hydrogen) atoms. The fourth-order valence-electron chi connectivity index (χ4n) is 2.18. The minimum absolute atomic E-state index is 0.0815. The number of rotatable bonds is 10. The molecule has 0 aromatic heterocycles. The van der Waals surface area contributed by atoms with E-state index >= 15 is 0 Å². The highest BCUT2D eigenvalue weighted by Gasteiger charge is 2.20. The molecular formula is C14H20N3O6S-. The summed E-state index contributed by atoms with van der Waals surface area (Å²) in [6.07, 6.45) is 1.49. The van der Waals surface area contributed by atoms with Crippen molar-refractivity contribution in [3.05, 3.63) is 28.3 Å². The van der Waals surface area contributed by atoms with E-state index in [1.165, 1.54) is 12.1 Å². The van der Waals surface area contributed by atoms with E-state index in [4.69, 9.17) is 4.74 Å². The standard InChI is InChI=1S/C14H21N3O6S/c1-3-5-10(9-14(18)23-4-2)15-12-7-6-11(16-24(21)22)8-13(12)17(19)20/h6-8,10,15-16H,3-5,9H2,1-2H3,(H,21,22)/p-1. The van der Waals surface area contributed by atoms with Gasteiger partial charge in [0.1, 0.15) is 5.69 Å². The van der Waals surface area contributed by atoms with Gasteiger partial charge in [0, 0.05) is 23.4 Å². The largest absolute Gasteiger partial charge is 0.755 e. The first kappa shape index (κ1) is 19.8. The number of nitro groups is 1. The molecule has 1 rings (SSSR count). The molecule has 0 aliphatic heterocycles. The molecule has 0 radical (unpaired) electrons. The van der Waals surface area contributed by atoms with Crippen LogP contribution >= 0.6 is 0 Å². The van der Waals surface area contributed by atoms with E-state index < -0.39 is 16.2 Å². The van der Waals surface area contributed by atoms with Crippen LogP contribution in [0, 0.1) is 10.1 Å². The van der Waals surface area contributed by atoms with Crippen LogP contribution in [0.3, 0.4) is 0 Å². The Labute approximate surface area is 142 Å². The Morgan fingerprint density at radius 1 is 1.42 bits per heavy atom. The maximum absolute atomic E-state index is 11.6. The van der Waals surface area contributed by atoms with Gasteiger partial charge in [-0.15, -0.1) is 0 Å². The Bertz CT molecular complexity index is 610. The summed E-state index contributed by atoms with van der Waals surface area (Å²) in [5, 5.41) is 14.2. The Morgan fingerprint density at radius 3 is 2.67 bits per heavy atom. The summed E-state index contributed by atoms with van der Waals surface area (Å²) >= 11 is -2.57. The highest BCUT2D eigenvalue weighted by molar-refractivity contribution is 7.80. The summed E-state index contributed by atoms with van der Waals surface area (Å²) < 4.78 is 28.2. The van der Waals surface area contributed by atoms with Crippen molar-refractivity contribution in [3.8, 4) is 0 Å². The molecule has 0 fully saturated rings. The highest BCUT2D eigenvalue weighted by atomic mass is 32.2.